The van der Waals surface area contributed by atoms with Crippen LogP contribution in [0, 0.1) is 6.92 Å². The van der Waals surface area contributed by atoms with Crippen LogP contribution in [0.25, 0.3) is 5.65 Å². The zero-order valence-corrected chi connectivity index (χ0v) is 9.56. The summed E-state index contributed by atoms with van der Waals surface area (Å²) >= 11 is 0. The number of aromatic nitrogens is 3. The first-order chi connectivity index (χ1) is 7.58. The van der Waals surface area contributed by atoms with Gasteiger partial charge in [0.25, 0.3) is 5.91 Å². The predicted octanol–water partition coefficient (Wildman–Crippen LogP) is 1.18. The second kappa shape index (κ2) is 3.92. The van der Waals surface area contributed by atoms with Crippen LogP contribution in [-0.2, 0) is 0 Å². The number of hydrogen-bond acceptors (Lipinski definition) is 3. The minimum atomic E-state index is -0.0850. The van der Waals surface area contributed by atoms with E-state index < -0.39 is 0 Å². The molecule has 84 valence electrons. The number of nitrogens with one attached hydrogen (secondary N) is 1. The van der Waals surface area contributed by atoms with Gasteiger partial charge >= 0.3 is 0 Å². The molecule has 5 nitrogen and oxygen atoms in total. The molecule has 1 amide bonds. The van der Waals surface area contributed by atoms with Crippen LogP contribution in [0.1, 0.15) is 30.0 Å². The quantitative estimate of drug-likeness (QED) is 0.823. The maximum absolute atomic E-state index is 11.7. The molecule has 0 aromatic carbocycles. The first kappa shape index (κ1) is 10.6. The Kier molecular flexibility index (Phi) is 2.60. The topological polar surface area (TPSA) is 59.3 Å². The summed E-state index contributed by atoms with van der Waals surface area (Å²) < 4.78 is 1.84. The molecule has 5 heteroatoms. The van der Waals surface area contributed by atoms with Gasteiger partial charge in [0.1, 0.15) is 5.82 Å². The molecule has 0 bridgehead atoms. The van der Waals surface area contributed by atoms with Crippen molar-refractivity contribution in [3.05, 3.63) is 29.7 Å². The summed E-state index contributed by atoms with van der Waals surface area (Å²) in [5.74, 6) is 0.726. The van der Waals surface area contributed by atoms with Gasteiger partial charge in [0, 0.05) is 17.8 Å². The Morgan fingerprint density at radius 3 is 2.88 bits per heavy atom. The van der Waals surface area contributed by atoms with Gasteiger partial charge in [0.05, 0.1) is 0 Å². The van der Waals surface area contributed by atoms with Crippen LogP contribution in [0.4, 0.5) is 0 Å². The van der Waals surface area contributed by atoms with Gasteiger partial charge in [0.15, 0.2) is 5.65 Å². The molecule has 16 heavy (non-hydrogen) atoms. The molecule has 0 saturated carbocycles. The van der Waals surface area contributed by atoms with E-state index in [-0.39, 0.29) is 11.9 Å². The van der Waals surface area contributed by atoms with E-state index in [1.807, 2.05) is 25.2 Å². The number of carbonyl (C=O) groups excluding carboxylic acids is 1. The Morgan fingerprint density at radius 2 is 2.19 bits per heavy atom. The van der Waals surface area contributed by atoms with Gasteiger partial charge < -0.3 is 5.32 Å². The van der Waals surface area contributed by atoms with E-state index in [0.717, 1.165) is 5.82 Å². The lowest BCUT2D eigenvalue weighted by molar-refractivity contribution is 0.0943. The van der Waals surface area contributed by atoms with Crippen molar-refractivity contribution < 1.29 is 4.79 Å². The lowest BCUT2D eigenvalue weighted by Gasteiger charge is -2.08. The summed E-state index contributed by atoms with van der Waals surface area (Å²) in [6.07, 6.45) is 1.81. The minimum Gasteiger partial charge on any atom is -0.350 e. The SMILES string of the molecule is Cc1nnc2cc(C(=O)NC(C)C)ccn12. The number of amides is 1. The summed E-state index contributed by atoms with van der Waals surface area (Å²) in [6, 6.07) is 3.63. The fourth-order valence-electron chi connectivity index (χ4n) is 1.50. The van der Waals surface area contributed by atoms with Gasteiger partial charge in [-0.25, -0.2) is 0 Å². The average Bonchev–Trinajstić information content (AvgIpc) is 2.59. The van der Waals surface area contributed by atoms with Crippen LogP contribution in [0.5, 0.6) is 0 Å². The molecule has 2 heterocycles. The van der Waals surface area contributed by atoms with Gasteiger partial charge in [0.2, 0.25) is 0 Å². The monoisotopic (exact) mass is 218 g/mol. The van der Waals surface area contributed by atoms with Crippen LogP contribution in [0.15, 0.2) is 18.3 Å². The third kappa shape index (κ3) is 1.88. The zero-order valence-electron chi connectivity index (χ0n) is 9.56. The van der Waals surface area contributed by atoms with Crippen molar-refractivity contribution in [3.63, 3.8) is 0 Å². The van der Waals surface area contributed by atoms with Crippen LogP contribution >= 0.6 is 0 Å². The molecule has 0 aliphatic heterocycles. The van der Waals surface area contributed by atoms with E-state index in [4.69, 9.17) is 0 Å². The Labute approximate surface area is 93.5 Å². The second-order valence-corrected chi connectivity index (χ2v) is 4.02. The lowest BCUT2D eigenvalue weighted by atomic mass is 10.2. The number of aryl methyl sites for hydroxylation is 1. The average molecular weight is 218 g/mol. The largest absolute Gasteiger partial charge is 0.350 e. The van der Waals surface area contributed by atoms with E-state index in [1.54, 1.807) is 18.3 Å². The number of pyridine rings is 1. The molecule has 2 rings (SSSR count). The molecule has 0 unspecified atom stereocenters. The fourth-order valence-corrected chi connectivity index (χ4v) is 1.50. The van der Waals surface area contributed by atoms with Crippen molar-refractivity contribution >= 4 is 11.6 Å². The number of nitrogens with zero attached hydrogens (tertiary/aromatic N) is 3. The van der Waals surface area contributed by atoms with E-state index >= 15 is 0 Å². The van der Waals surface area contributed by atoms with Gasteiger partial charge in [-0.15, -0.1) is 10.2 Å². The van der Waals surface area contributed by atoms with Crippen LogP contribution in [-0.4, -0.2) is 26.5 Å². The molecule has 0 aliphatic rings. The predicted molar refractivity (Wildman–Crippen MR) is 60.3 cm³/mol. The van der Waals surface area contributed by atoms with Crippen molar-refractivity contribution in [2.24, 2.45) is 0 Å². The van der Waals surface area contributed by atoms with Crippen molar-refractivity contribution in [2.45, 2.75) is 26.8 Å². The molecule has 2 aromatic rings. The highest BCUT2D eigenvalue weighted by atomic mass is 16.1. The summed E-state index contributed by atoms with van der Waals surface area (Å²) in [4.78, 5) is 11.7. The second-order valence-electron chi connectivity index (χ2n) is 4.02. The van der Waals surface area contributed by atoms with E-state index in [1.165, 1.54) is 0 Å². The Hall–Kier alpha value is -1.91. The Morgan fingerprint density at radius 1 is 1.44 bits per heavy atom. The third-order valence-corrected chi connectivity index (χ3v) is 2.26. The summed E-state index contributed by atoms with van der Waals surface area (Å²) in [7, 11) is 0. The van der Waals surface area contributed by atoms with E-state index in [9.17, 15) is 4.79 Å². The van der Waals surface area contributed by atoms with Crippen LogP contribution in [0.3, 0.4) is 0 Å². The number of hydrogen-bond donors (Lipinski definition) is 1. The van der Waals surface area contributed by atoms with Gasteiger partial charge in [-0.2, -0.15) is 0 Å². The maximum Gasteiger partial charge on any atom is 0.251 e. The Balaban J connectivity index is 2.36. The zero-order chi connectivity index (χ0) is 11.7. The van der Waals surface area contributed by atoms with Crippen molar-refractivity contribution in [1.29, 1.82) is 0 Å². The van der Waals surface area contributed by atoms with Gasteiger partial charge in [-0.3, -0.25) is 9.20 Å². The molecule has 0 saturated heterocycles. The van der Waals surface area contributed by atoms with Gasteiger partial charge in [-0.1, -0.05) is 0 Å². The molecule has 2 aromatic heterocycles. The summed E-state index contributed by atoms with van der Waals surface area (Å²) in [5.41, 5.74) is 1.29. The molecule has 0 fully saturated rings. The summed E-state index contributed by atoms with van der Waals surface area (Å²) in [5, 5.41) is 10.7. The maximum atomic E-state index is 11.7. The molecule has 0 atom stereocenters. The first-order valence-corrected chi connectivity index (χ1v) is 5.20. The molecule has 0 radical (unpaired) electrons. The van der Waals surface area contributed by atoms with E-state index in [0.29, 0.717) is 11.2 Å². The van der Waals surface area contributed by atoms with Crippen LogP contribution in [0.2, 0.25) is 0 Å². The fraction of sp³-hybridized carbons (Fsp3) is 0.364. The van der Waals surface area contributed by atoms with Crippen molar-refractivity contribution in [2.75, 3.05) is 0 Å². The number of fused-ring (bicyclic) bond motifs is 1. The molecule has 1 N–H and O–H groups in total. The Bertz CT molecular complexity index is 530. The molecular weight excluding hydrogens is 204 g/mol. The van der Waals surface area contributed by atoms with Crippen molar-refractivity contribution in [1.82, 2.24) is 19.9 Å². The van der Waals surface area contributed by atoms with Gasteiger partial charge in [-0.05, 0) is 32.9 Å². The first-order valence-electron chi connectivity index (χ1n) is 5.20. The molecular formula is C11H14N4O. The smallest absolute Gasteiger partial charge is 0.251 e. The standard InChI is InChI=1S/C11H14N4O/c1-7(2)12-11(16)9-4-5-15-8(3)13-14-10(15)6-9/h4-7H,1-3H3,(H,12,16). The number of carbonyl (C=O) groups is 1. The molecule has 0 spiro atoms. The summed E-state index contributed by atoms with van der Waals surface area (Å²) in [6.45, 7) is 5.73. The molecule has 0 aliphatic carbocycles. The van der Waals surface area contributed by atoms with Crippen LogP contribution < -0.4 is 5.32 Å². The van der Waals surface area contributed by atoms with Crippen molar-refractivity contribution in [3.8, 4) is 0 Å². The highest BCUT2D eigenvalue weighted by Crippen LogP contribution is 2.07. The normalized spacial score (nSPS) is 11.0. The highest BCUT2D eigenvalue weighted by Gasteiger charge is 2.09. The minimum absolute atomic E-state index is 0.0850. The van der Waals surface area contributed by atoms with E-state index in [2.05, 4.69) is 15.5 Å². The number of rotatable bonds is 2. The third-order valence-electron chi connectivity index (χ3n) is 2.26. The lowest BCUT2D eigenvalue weighted by Crippen LogP contribution is -2.30. The highest BCUT2D eigenvalue weighted by molar-refractivity contribution is 5.95.